The van der Waals surface area contributed by atoms with Gasteiger partial charge in [0.1, 0.15) is 5.75 Å². The van der Waals surface area contributed by atoms with Crippen LogP contribution in [0.15, 0.2) is 93.3 Å². The molecule has 0 heterocycles. The molecule has 0 unspecified atom stereocenters. The third-order valence-electron chi connectivity index (χ3n) is 4.31. The molecule has 0 fully saturated rings. The first kappa shape index (κ1) is 20.4. The summed E-state index contributed by atoms with van der Waals surface area (Å²) in [6.07, 6.45) is 3.53. The van der Waals surface area contributed by atoms with Crippen LogP contribution in [0, 0.1) is 0 Å². The zero-order valence-corrected chi connectivity index (χ0v) is 17.0. The van der Waals surface area contributed by atoms with E-state index >= 15 is 0 Å². The first-order chi connectivity index (χ1) is 14.3. The van der Waals surface area contributed by atoms with Crippen LogP contribution >= 0.6 is 0 Å². The second-order valence-corrected chi connectivity index (χ2v) is 6.61. The number of nitrogens with zero attached hydrogens (tertiary/aromatic N) is 4. The Bertz CT molecular complexity index is 930. The van der Waals surface area contributed by atoms with Crippen LogP contribution in [0.5, 0.6) is 5.75 Å². The molecule has 0 saturated carbocycles. The molecule has 29 heavy (non-hydrogen) atoms. The van der Waals surface area contributed by atoms with Gasteiger partial charge in [0, 0.05) is 0 Å². The van der Waals surface area contributed by atoms with Gasteiger partial charge in [-0.25, -0.2) is 0 Å². The van der Waals surface area contributed by atoms with E-state index < -0.39 is 0 Å². The Labute approximate surface area is 172 Å². The van der Waals surface area contributed by atoms with Gasteiger partial charge in [-0.3, -0.25) is 0 Å². The topological polar surface area (TPSA) is 58.7 Å². The lowest BCUT2D eigenvalue weighted by Gasteiger charge is -2.01. The van der Waals surface area contributed by atoms with Gasteiger partial charge in [-0.2, -0.15) is 20.5 Å². The SMILES string of the molecule is CCCCc1ccc(N=Nc2ccc(N=Nc3ccc(OCC)cc3)cc2)cc1. The summed E-state index contributed by atoms with van der Waals surface area (Å²) in [6.45, 7) is 4.81. The molecular weight excluding hydrogens is 360 g/mol. The predicted octanol–water partition coefficient (Wildman–Crippen LogP) is 8.26. The van der Waals surface area contributed by atoms with Gasteiger partial charge in [0.25, 0.3) is 0 Å². The molecular formula is C24H26N4O. The number of hydrogen-bond acceptors (Lipinski definition) is 5. The lowest BCUT2D eigenvalue weighted by atomic mass is 10.1. The van der Waals surface area contributed by atoms with Gasteiger partial charge in [0.15, 0.2) is 0 Å². The summed E-state index contributed by atoms with van der Waals surface area (Å²) in [4.78, 5) is 0. The van der Waals surface area contributed by atoms with Crippen molar-refractivity contribution < 1.29 is 4.74 Å². The lowest BCUT2D eigenvalue weighted by molar-refractivity contribution is 0.340. The van der Waals surface area contributed by atoms with Crippen molar-refractivity contribution in [2.24, 2.45) is 20.5 Å². The van der Waals surface area contributed by atoms with E-state index in [9.17, 15) is 0 Å². The molecule has 0 amide bonds. The highest BCUT2D eigenvalue weighted by molar-refractivity contribution is 5.48. The summed E-state index contributed by atoms with van der Waals surface area (Å²) < 4.78 is 5.42. The highest BCUT2D eigenvalue weighted by atomic mass is 16.5. The van der Waals surface area contributed by atoms with Crippen molar-refractivity contribution in [3.05, 3.63) is 78.4 Å². The highest BCUT2D eigenvalue weighted by Gasteiger charge is 1.96. The van der Waals surface area contributed by atoms with Crippen molar-refractivity contribution in [3.63, 3.8) is 0 Å². The Morgan fingerprint density at radius 3 is 1.41 bits per heavy atom. The van der Waals surface area contributed by atoms with Crippen LogP contribution in [0.4, 0.5) is 22.7 Å². The molecule has 5 heteroatoms. The van der Waals surface area contributed by atoms with Gasteiger partial charge in [-0.15, -0.1) is 0 Å². The predicted molar refractivity (Wildman–Crippen MR) is 117 cm³/mol. The van der Waals surface area contributed by atoms with Crippen molar-refractivity contribution in [3.8, 4) is 5.75 Å². The van der Waals surface area contributed by atoms with Crippen LogP contribution in [0.3, 0.4) is 0 Å². The Balaban J connectivity index is 1.57. The molecule has 0 N–H and O–H groups in total. The van der Waals surface area contributed by atoms with Gasteiger partial charge in [0.05, 0.1) is 29.4 Å². The number of benzene rings is 3. The number of azo groups is 2. The van der Waals surface area contributed by atoms with Crippen LogP contribution in [0.2, 0.25) is 0 Å². The van der Waals surface area contributed by atoms with E-state index in [2.05, 4.69) is 39.5 Å². The molecule has 0 aromatic heterocycles. The maximum Gasteiger partial charge on any atom is 0.119 e. The van der Waals surface area contributed by atoms with Gasteiger partial charge < -0.3 is 4.74 Å². The average molecular weight is 386 g/mol. The zero-order chi connectivity index (χ0) is 20.3. The van der Waals surface area contributed by atoms with E-state index in [1.165, 1.54) is 18.4 Å². The Kier molecular flexibility index (Phi) is 7.63. The van der Waals surface area contributed by atoms with E-state index in [-0.39, 0.29) is 0 Å². The fraction of sp³-hybridized carbons (Fsp3) is 0.250. The van der Waals surface area contributed by atoms with Gasteiger partial charge >= 0.3 is 0 Å². The summed E-state index contributed by atoms with van der Waals surface area (Å²) in [5.74, 6) is 0.830. The van der Waals surface area contributed by atoms with Crippen LogP contribution in [0.25, 0.3) is 0 Å². The average Bonchev–Trinajstić information content (AvgIpc) is 2.77. The first-order valence-corrected chi connectivity index (χ1v) is 10.0. The molecule has 5 nitrogen and oxygen atoms in total. The molecule has 0 aliphatic heterocycles. The van der Waals surface area contributed by atoms with E-state index in [0.717, 1.165) is 34.9 Å². The number of hydrogen-bond donors (Lipinski definition) is 0. The summed E-state index contributed by atoms with van der Waals surface area (Å²) in [5.41, 5.74) is 4.51. The molecule has 3 rings (SSSR count). The molecule has 0 atom stereocenters. The molecule has 0 saturated heterocycles. The highest BCUT2D eigenvalue weighted by Crippen LogP contribution is 2.24. The summed E-state index contributed by atoms with van der Waals surface area (Å²) >= 11 is 0. The molecule has 3 aromatic rings. The monoisotopic (exact) mass is 386 g/mol. The van der Waals surface area contributed by atoms with E-state index in [1.54, 1.807) is 0 Å². The zero-order valence-electron chi connectivity index (χ0n) is 17.0. The number of rotatable bonds is 9. The molecule has 0 bridgehead atoms. The molecule has 0 radical (unpaired) electrons. The third kappa shape index (κ3) is 6.64. The van der Waals surface area contributed by atoms with Gasteiger partial charge in [0.2, 0.25) is 0 Å². The van der Waals surface area contributed by atoms with Crippen LogP contribution < -0.4 is 4.74 Å². The maximum absolute atomic E-state index is 5.42. The van der Waals surface area contributed by atoms with Crippen LogP contribution in [-0.2, 0) is 6.42 Å². The Morgan fingerprint density at radius 1 is 0.586 bits per heavy atom. The second kappa shape index (κ2) is 10.9. The molecule has 0 aliphatic carbocycles. The van der Waals surface area contributed by atoms with Crippen LogP contribution in [0.1, 0.15) is 32.3 Å². The number of unbranched alkanes of at least 4 members (excludes halogenated alkanes) is 1. The molecule has 148 valence electrons. The maximum atomic E-state index is 5.42. The summed E-state index contributed by atoms with van der Waals surface area (Å²) in [6, 6.07) is 23.3. The lowest BCUT2D eigenvalue weighted by Crippen LogP contribution is -1.89. The molecule has 3 aromatic carbocycles. The van der Waals surface area contributed by atoms with E-state index in [0.29, 0.717) is 6.61 Å². The van der Waals surface area contributed by atoms with Gasteiger partial charge in [-0.1, -0.05) is 25.5 Å². The summed E-state index contributed by atoms with van der Waals surface area (Å²) in [7, 11) is 0. The molecule has 0 spiro atoms. The minimum absolute atomic E-state index is 0.648. The van der Waals surface area contributed by atoms with Crippen molar-refractivity contribution in [1.29, 1.82) is 0 Å². The van der Waals surface area contributed by atoms with E-state index in [1.807, 2.05) is 67.6 Å². The van der Waals surface area contributed by atoms with Crippen molar-refractivity contribution in [2.45, 2.75) is 33.1 Å². The van der Waals surface area contributed by atoms with Crippen molar-refractivity contribution >= 4 is 22.7 Å². The third-order valence-corrected chi connectivity index (χ3v) is 4.31. The second-order valence-electron chi connectivity index (χ2n) is 6.61. The normalized spacial score (nSPS) is 11.4. The largest absolute Gasteiger partial charge is 0.494 e. The minimum atomic E-state index is 0.648. The number of aryl methyl sites for hydroxylation is 1. The summed E-state index contributed by atoms with van der Waals surface area (Å²) in [5, 5.41) is 17.1. The fourth-order valence-electron chi connectivity index (χ4n) is 2.70. The van der Waals surface area contributed by atoms with E-state index in [4.69, 9.17) is 4.74 Å². The Hall–Kier alpha value is -3.34. The minimum Gasteiger partial charge on any atom is -0.494 e. The van der Waals surface area contributed by atoms with Gasteiger partial charge in [-0.05, 0) is 86.0 Å². The molecule has 0 aliphatic rings. The quantitative estimate of drug-likeness (QED) is 0.341. The van der Waals surface area contributed by atoms with Crippen molar-refractivity contribution in [2.75, 3.05) is 6.61 Å². The first-order valence-electron chi connectivity index (χ1n) is 10.0. The standard InChI is InChI=1S/C24H26N4O/c1-3-5-6-19-7-9-20(10-8-19)25-26-21-11-13-22(14-12-21)27-28-23-15-17-24(18-16-23)29-4-2/h7-18H,3-6H2,1-2H3. The number of ether oxygens (including phenoxy) is 1. The fourth-order valence-corrected chi connectivity index (χ4v) is 2.70. The Morgan fingerprint density at radius 2 is 1.00 bits per heavy atom. The van der Waals surface area contributed by atoms with Crippen molar-refractivity contribution in [1.82, 2.24) is 0 Å². The smallest absolute Gasteiger partial charge is 0.119 e. The van der Waals surface area contributed by atoms with Crippen LogP contribution in [-0.4, -0.2) is 6.61 Å².